The van der Waals surface area contributed by atoms with Crippen molar-refractivity contribution in [2.45, 2.75) is 64.4 Å². The zero-order valence-corrected chi connectivity index (χ0v) is 13.6. The number of carbonyl (C=O) groups excluding carboxylic acids is 1. The summed E-state index contributed by atoms with van der Waals surface area (Å²) in [6.07, 6.45) is -0.277. The smallest absolute Gasteiger partial charge is 0.305 e. The highest BCUT2D eigenvalue weighted by Gasteiger charge is 2.47. The van der Waals surface area contributed by atoms with E-state index in [1.807, 2.05) is 6.92 Å². The largest absolute Gasteiger partial charge is 0.481 e. The molecule has 0 bridgehead atoms. The number of carbonyl (C=O) groups is 2. The summed E-state index contributed by atoms with van der Waals surface area (Å²) in [5, 5.41) is 11.5. The summed E-state index contributed by atoms with van der Waals surface area (Å²) < 4.78 is 6.17. The molecule has 0 aliphatic carbocycles. The monoisotopic (exact) mass is 287 g/mol. The summed E-state index contributed by atoms with van der Waals surface area (Å²) in [4.78, 5) is 22.4. The molecule has 1 aliphatic rings. The van der Waals surface area contributed by atoms with E-state index in [1.165, 1.54) is 0 Å². The lowest BCUT2D eigenvalue weighted by Crippen LogP contribution is -2.64. The Bertz CT molecular complexity index is 375. The molecule has 1 rings (SSSR count). The second-order valence-electron chi connectivity index (χ2n) is 6.82. The van der Waals surface area contributed by atoms with Crippen molar-refractivity contribution >= 4 is 20.2 Å². The maximum Gasteiger partial charge on any atom is 0.305 e. The molecule has 1 amide bonds. The number of nitrogens with one attached hydrogen (secondary N) is 1. The van der Waals surface area contributed by atoms with Crippen molar-refractivity contribution in [2.24, 2.45) is 5.92 Å². The molecule has 0 spiro atoms. The fourth-order valence-electron chi connectivity index (χ4n) is 2.08. The number of aliphatic carboxylic acids is 1. The van der Waals surface area contributed by atoms with E-state index in [0.29, 0.717) is 0 Å². The highest BCUT2D eigenvalue weighted by atomic mass is 28.4. The van der Waals surface area contributed by atoms with Gasteiger partial charge in [0.1, 0.15) is 0 Å². The van der Waals surface area contributed by atoms with E-state index < -0.39 is 14.3 Å². The molecule has 1 fully saturated rings. The van der Waals surface area contributed by atoms with Crippen LogP contribution in [-0.4, -0.2) is 37.4 Å². The molecule has 1 heterocycles. The van der Waals surface area contributed by atoms with Gasteiger partial charge in [-0.3, -0.25) is 9.59 Å². The third-order valence-corrected chi connectivity index (χ3v) is 8.82. The van der Waals surface area contributed by atoms with Gasteiger partial charge in [0.2, 0.25) is 5.91 Å². The quantitative estimate of drug-likeness (QED) is 0.599. The van der Waals surface area contributed by atoms with Crippen LogP contribution in [-0.2, 0) is 14.0 Å². The molecule has 0 aromatic rings. The standard InChI is InChI=1S/C13H25NO4Si/c1-8(18-19(5,6)13(2,3)4)11-9(7-10(15)16)14-12(11)17/h8-9,11H,7H2,1-6H3,(H,14,17)(H,15,16)/t8-,9-,11?/m1/s1. The van der Waals surface area contributed by atoms with E-state index in [2.05, 4.69) is 39.2 Å². The predicted molar refractivity (Wildman–Crippen MR) is 75.4 cm³/mol. The summed E-state index contributed by atoms with van der Waals surface area (Å²) in [5.74, 6) is -1.34. The maximum absolute atomic E-state index is 11.6. The summed E-state index contributed by atoms with van der Waals surface area (Å²) in [6, 6.07) is -0.301. The fourth-order valence-corrected chi connectivity index (χ4v) is 3.51. The van der Waals surface area contributed by atoms with Gasteiger partial charge in [-0.25, -0.2) is 0 Å². The lowest BCUT2D eigenvalue weighted by molar-refractivity contribution is -0.145. The second kappa shape index (κ2) is 5.24. The number of carboxylic acid groups (broad SMARTS) is 1. The van der Waals surface area contributed by atoms with Gasteiger partial charge in [-0.05, 0) is 25.1 Å². The lowest BCUT2D eigenvalue weighted by atomic mass is 9.84. The number of hydrogen-bond donors (Lipinski definition) is 2. The molecule has 3 atom stereocenters. The van der Waals surface area contributed by atoms with Crippen molar-refractivity contribution in [3.63, 3.8) is 0 Å². The maximum atomic E-state index is 11.6. The molecule has 6 heteroatoms. The lowest BCUT2D eigenvalue weighted by Gasteiger charge is -2.45. The van der Waals surface area contributed by atoms with E-state index in [4.69, 9.17) is 9.53 Å². The Hall–Kier alpha value is -0.883. The molecule has 0 saturated carbocycles. The van der Waals surface area contributed by atoms with E-state index in [9.17, 15) is 9.59 Å². The Kier molecular flexibility index (Phi) is 4.46. The van der Waals surface area contributed by atoms with Gasteiger partial charge in [0.05, 0.1) is 24.5 Å². The number of hydrogen-bond acceptors (Lipinski definition) is 3. The Labute approximate surface area is 115 Å². The van der Waals surface area contributed by atoms with Gasteiger partial charge in [-0.1, -0.05) is 20.8 Å². The minimum atomic E-state index is -1.94. The Morgan fingerprint density at radius 2 is 2.00 bits per heavy atom. The summed E-state index contributed by atoms with van der Waals surface area (Å²) in [7, 11) is -1.94. The Morgan fingerprint density at radius 3 is 2.37 bits per heavy atom. The highest BCUT2D eigenvalue weighted by molar-refractivity contribution is 6.74. The first-order valence-corrected chi connectivity index (χ1v) is 9.56. The average molecular weight is 287 g/mol. The van der Waals surface area contributed by atoms with Crippen LogP contribution in [0.25, 0.3) is 0 Å². The fraction of sp³-hybridized carbons (Fsp3) is 0.846. The van der Waals surface area contributed by atoms with Crippen LogP contribution < -0.4 is 5.32 Å². The number of carboxylic acids is 1. The topological polar surface area (TPSA) is 75.6 Å². The zero-order valence-electron chi connectivity index (χ0n) is 12.6. The first-order chi connectivity index (χ1) is 8.45. The van der Waals surface area contributed by atoms with Gasteiger partial charge in [-0.2, -0.15) is 0 Å². The SMILES string of the molecule is C[C@@H](O[Si](C)(C)C(C)(C)C)C1C(=O)N[C@@H]1CC(=O)O. The molecule has 0 radical (unpaired) electrons. The van der Waals surface area contributed by atoms with E-state index in [-0.39, 0.29) is 35.4 Å². The van der Waals surface area contributed by atoms with Crippen molar-refractivity contribution in [1.29, 1.82) is 0 Å². The van der Waals surface area contributed by atoms with Crippen LogP contribution in [0.15, 0.2) is 0 Å². The minimum Gasteiger partial charge on any atom is -0.481 e. The van der Waals surface area contributed by atoms with Crippen LogP contribution in [0.1, 0.15) is 34.1 Å². The summed E-state index contributed by atoms with van der Waals surface area (Å²) in [5.41, 5.74) is 0. The third kappa shape index (κ3) is 3.57. The van der Waals surface area contributed by atoms with Crippen LogP contribution in [0.2, 0.25) is 18.1 Å². The first kappa shape index (κ1) is 16.2. The van der Waals surface area contributed by atoms with Crippen LogP contribution >= 0.6 is 0 Å². The van der Waals surface area contributed by atoms with Crippen molar-refractivity contribution in [3.8, 4) is 0 Å². The average Bonchev–Trinajstić information content (AvgIpc) is 2.12. The Balaban J connectivity index is 2.69. The molecule has 2 N–H and O–H groups in total. The molecule has 5 nitrogen and oxygen atoms in total. The molecular formula is C13H25NO4Si. The second-order valence-corrected chi connectivity index (χ2v) is 11.6. The van der Waals surface area contributed by atoms with Crippen LogP contribution in [0.3, 0.4) is 0 Å². The molecule has 0 aromatic heterocycles. The van der Waals surface area contributed by atoms with Crippen LogP contribution in [0.5, 0.6) is 0 Å². The molecule has 110 valence electrons. The third-order valence-electron chi connectivity index (χ3n) is 4.25. The van der Waals surface area contributed by atoms with Crippen LogP contribution in [0, 0.1) is 5.92 Å². The molecule has 0 aromatic carbocycles. The van der Waals surface area contributed by atoms with Crippen LogP contribution in [0.4, 0.5) is 0 Å². The molecule has 1 unspecified atom stereocenters. The molecule has 1 aliphatic heterocycles. The normalized spacial score (nSPS) is 25.5. The van der Waals surface area contributed by atoms with Gasteiger partial charge in [0.15, 0.2) is 8.32 Å². The van der Waals surface area contributed by atoms with Gasteiger partial charge in [0, 0.05) is 0 Å². The predicted octanol–water partition coefficient (Wildman–Crippen LogP) is 1.99. The van der Waals surface area contributed by atoms with E-state index in [1.54, 1.807) is 0 Å². The minimum absolute atomic E-state index is 0.0401. The summed E-state index contributed by atoms with van der Waals surface area (Å²) >= 11 is 0. The van der Waals surface area contributed by atoms with Gasteiger partial charge < -0.3 is 14.8 Å². The van der Waals surface area contributed by atoms with Gasteiger partial charge >= 0.3 is 5.97 Å². The number of amides is 1. The Morgan fingerprint density at radius 1 is 1.47 bits per heavy atom. The molecule has 19 heavy (non-hydrogen) atoms. The number of rotatable bonds is 5. The van der Waals surface area contributed by atoms with Gasteiger partial charge in [-0.15, -0.1) is 0 Å². The number of β-lactam (4-membered cyclic amide) rings is 1. The summed E-state index contributed by atoms with van der Waals surface area (Å²) in [6.45, 7) is 12.6. The van der Waals surface area contributed by atoms with Gasteiger partial charge in [0.25, 0.3) is 0 Å². The van der Waals surface area contributed by atoms with Crippen molar-refractivity contribution in [1.82, 2.24) is 5.32 Å². The molecular weight excluding hydrogens is 262 g/mol. The van der Waals surface area contributed by atoms with Crippen molar-refractivity contribution in [3.05, 3.63) is 0 Å². The van der Waals surface area contributed by atoms with E-state index in [0.717, 1.165) is 0 Å². The zero-order chi connectivity index (χ0) is 15.0. The molecule has 1 saturated heterocycles. The first-order valence-electron chi connectivity index (χ1n) is 6.65. The van der Waals surface area contributed by atoms with E-state index >= 15 is 0 Å². The van der Waals surface area contributed by atoms with Crippen molar-refractivity contribution < 1.29 is 19.1 Å². The highest BCUT2D eigenvalue weighted by Crippen LogP contribution is 2.39. The van der Waals surface area contributed by atoms with Crippen molar-refractivity contribution in [2.75, 3.05) is 0 Å².